The van der Waals surface area contributed by atoms with Gasteiger partial charge in [-0.25, -0.2) is 4.79 Å². The minimum Gasteiger partial charge on any atom is -0.326 e. The summed E-state index contributed by atoms with van der Waals surface area (Å²) >= 11 is 0. The molecule has 1 N–H and O–H groups in total. The molecule has 0 unspecified atom stereocenters. The van der Waals surface area contributed by atoms with Gasteiger partial charge in [-0.1, -0.05) is 0 Å². The third-order valence-electron chi connectivity index (χ3n) is 2.68. The lowest BCUT2D eigenvalue weighted by molar-refractivity contribution is -0.124. The molecule has 1 saturated heterocycles. The molecule has 0 aromatic heterocycles. The summed E-state index contributed by atoms with van der Waals surface area (Å²) in [5.41, 5.74) is 1.28. The molecule has 1 heterocycles. The number of nitrogens with zero attached hydrogens (tertiary/aromatic N) is 2. The highest BCUT2D eigenvalue weighted by atomic mass is 16.2. The minimum atomic E-state index is -0.340. The standard InChI is InChI=1S/C12H13N3O3/c1-8(16)13-9-3-5-10(6-4-9)15-7-11(17)14(2)12(15)18/h3-6H,7H2,1-2H3,(H,13,16). The number of nitrogens with one attached hydrogen (secondary N) is 1. The third kappa shape index (κ3) is 2.17. The van der Waals surface area contributed by atoms with Crippen molar-refractivity contribution in [3.8, 4) is 0 Å². The molecule has 0 radical (unpaired) electrons. The van der Waals surface area contributed by atoms with E-state index in [0.29, 0.717) is 11.4 Å². The smallest absolute Gasteiger partial charge is 0.326 e. The van der Waals surface area contributed by atoms with Gasteiger partial charge in [-0.3, -0.25) is 19.4 Å². The summed E-state index contributed by atoms with van der Waals surface area (Å²) in [5, 5.41) is 2.63. The number of urea groups is 1. The van der Waals surface area contributed by atoms with Gasteiger partial charge >= 0.3 is 6.03 Å². The molecule has 94 valence electrons. The van der Waals surface area contributed by atoms with Crippen molar-refractivity contribution in [3.63, 3.8) is 0 Å². The first kappa shape index (κ1) is 12.1. The second-order valence-corrected chi connectivity index (χ2v) is 4.05. The fourth-order valence-electron chi connectivity index (χ4n) is 1.73. The van der Waals surface area contributed by atoms with Crippen LogP contribution in [0.2, 0.25) is 0 Å². The molecular weight excluding hydrogens is 234 g/mol. The van der Waals surface area contributed by atoms with Crippen molar-refractivity contribution in [1.29, 1.82) is 0 Å². The topological polar surface area (TPSA) is 69.7 Å². The molecule has 0 bridgehead atoms. The fraction of sp³-hybridized carbons (Fsp3) is 0.250. The number of amides is 4. The minimum absolute atomic E-state index is 0.0504. The molecule has 1 aromatic rings. The number of imide groups is 1. The largest absolute Gasteiger partial charge is 0.331 e. The molecule has 0 atom stereocenters. The lowest BCUT2D eigenvalue weighted by Crippen LogP contribution is -2.29. The molecule has 1 fully saturated rings. The van der Waals surface area contributed by atoms with Crippen LogP contribution in [-0.2, 0) is 9.59 Å². The van der Waals surface area contributed by atoms with Crippen molar-refractivity contribution in [2.45, 2.75) is 6.92 Å². The number of hydrogen-bond acceptors (Lipinski definition) is 3. The Morgan fingerprint density at radius 2 is 1.83 bits per heavy atom. The number of carbonyl (C=O) groups excluding carboxylic acids is 3. The Labute approximate surface area is 104 Å². The molecular formula is C12H13N3O3. The number of rotatable bonds is 2. The molecule has 0 saturated carbocycles. The number of anilines is 2. The molecule has 6 nitrogen and oxygen atoms in total. The van der Waals surface area contributed by atoms with Crippen LogP contribution in [0.25, 0.3) is 0 Å². The maximum absolute atomic E-state index is 11.7. The summed E-state index contributed by atoms with van der Waals surface area (Å²) in [6.45, 7) is 1.47. The van der Waals surface area contributed by atoms with E-state index in [1.165, 1.54) is 18.9 Å². The SMILES string of the molecule is CC(=O)Nc1ccc(N2CC(=O)N(C)C2=O)cc1. The molecule has 0 spiro atoms. The zero-order valence-electron chi connectivity index (χ0n) is 10.1. The third-order valence-corrected chi connectivity index (χ3v) is 2.68. The van der Waals surface area contributed by atoms with Gasteiger partial charge in [0.15, 0.2) is 0 Å². The van der Waals surface area contributed by atoms with Crippen LogP contribution in [-0.4, -0.2) is 36.3 Å². The summed E-state index contributed by atoms with van der Waals surface area (Å²) in [5.74, 6) is -0.388. The van der Waals surface area contributed by atoms with E-state index < -0.39 is 0 Å². The van der Waals surface area contributed by atoms with Crippen LogP contribution >= 0.6 is 0 Å². The normalized spacial score (nSPS) is 15.2. The van der Waals surface area contributed by atoms with Crippen molar-refractivity contribution < 1.29 is 14.4 Å². The van der Waals surface area contributed by atoms with Gasteiger partial charge in [0.1, 0.15) is 6.54 Å². The number of carbonyl (C=O) groups is 3. The van der Waals surface area contributed by atoms with Gasteiger partial charge < -0.3 is 5.32 Å². The maximum Gasteiger partial charge on any atom is 0.331 e. The van der Waals surface area contributed by atoms with Crippen LogP contribution in [0.1, 0.15) is 6.92 Å². The lowest BCUT2D eigenvalue weighted by atomic mass is 10.2. The molecule has 1 aliphatic heterocycles. The van der Waals surface area contributed by atoms with Gasteiger partial charge in [-0.2, -0.15) is 0 Å². The summed E-state index contributed by atoms with van der Waals surface area (Å²) in [4.78, 5) is 36.5. The van der Waals surface area contributed by atoms with E-state index in [1.54, 1.807) is 24.3 Å². The van der Waals surface area contributed by atoms with Crippen LogP contribution in [0.5, 0.6) is 0 Å². The molecule has 1 aromatic carbocycles. The number of benzene rings is 1. The highest BCUT2D eigenvalue weighted by molar-refractivity contribution is 6.12. The molecule has 1 aliphatic rings. The van der Waals surface area contributed by atoms with Crippen molar-refractivity contribution in [2.24, 2.45) is 0 Å². The Balaban J connectivity index is 2.18. The molecule has 0 aliphatic carbocycles. The lowest BCUT2D eigenvalue weighted by Gasteiger charge is -2.15. The quantitative estimate of drug-likeness (QED) is 0.794. The maximum atomic E-state index is 11.7. The zero-order chi connectivity index (χ0) is 13.3. The molecule has 2 rings (SSSR count). The van der Waals surface area contributed by atoms with E-state index in [-0.39, 0.29) is 24.4 Å². The number of likely N-dealkylation sites (N-methyl/N-ethyl adjacent to an activating group) is 1. The average molecular weight is 247 g/mol. The second kappa shape index (κ2) is 4.48. The van der Waals surface area contributed by atoms with Gasteiger partial charge in [0.05, 0.1) is 0 Å². The highest BCUT2D eigenvalue weighted by Gasteiger charge is 2.33. The van der Waals surface area contributed by atoms with Crippen molar-refractivity contribution in [1.82, 2.24) is 4.90 Å². The molecule has 4 amide bonds. The number of hydrogen-bond donors (Lipinski definition) is 1. The van der Waals surface area contributed by atoms with Crippen LogP contribution in [0.15, 0.2) is 24.3 Å². The van der Waals surface area contributed by atoms with Gasteiger partial charge in [0.25, 0.3) is 0 Å². The fourth-order valence-corrected chi connectivity index (χ4v) is 1.73. The van der Waals surface area contributed by atoms with E-state index >= 15 is 0 Å². The summed E-state index contributed by atoms with van der Waals surface area (Å²) in [7, 11) is 1.45. The first-order valence-electron chi connectivity index (χ1n) is 5.45. The average Bonchev–Trinajstić information content (AvgIpc) is 2.57. The Morgan fingerprint density at radius 1 is 1.22 bits per heavy atom. The second-order valence-electron chi connectivity index (χ2n) is 4.05. The highest BCUT2D eigenvalue weighted by Crippen LogP contribution is 2.22. The van der Waals surface area contributed by atoms with E-state index in [2.05, 4.69) is 5.32 Å². The van der Waals surface area contributed by atoms with E-state index in [9.17, 15) is 14.4 Å². The van der Waals surface area contributed by atoms with E-state index in [0.717, 1.165) is 4.90 Å². The van der Waals surface area contributed by atoms with Crippen LogP contribution in [0.3, 0.4) is 0 Å². The Kier molecular flexibility index (Phi) is 3.01. The Bertz CT molecular complexity index is 510. The molecule has 18 heavy (non-hydrogen) atoms. The van der Waals surface area contributed by atoms with Gasteiger partial charge in [-0.15, -0.1) is 0 Å². The van der Waals surface area contributed by atoms with Gasteiger partial charge in [0.2, 0.25) is 11.8 Å². The molecule has 6 heteroatoms. The Morgan fingerprint density at radius 3 is 2.28 bits per heavy atom. The van der Waals surface area contributed by atoms with Crippen LogP contribution < -0.4 is 10.2 Å². The zero-order valence-corrected chi connectivity index (χ0v) is 10.1. The van der Waals surface area contributed by atoms with Crippen molar-refractivity contribution >= 4 is 29.2 Å². The predicted octanol–water partition coefficient (Wildman–Crippen LogP) is 1.04. The Hall–Kier alpha value is -2.37. The van der Waals surface area contributed by atoms with Gasteiger partial charge in [0, 0.05) is 25.3 Å². The van der Waals surface area contributed by atoms with Gasteiger partial charge in [-0.05, 0) is 24.3 Å². The van der Waals surface area contributed by atoms with E-state index in [1.807, 2.05) is 0 Å². The van der Waals surface area contributed by atoms with Crippen molar-refractivity contribution in [3.05, 3.63) is 24.3 Å². The predicted molar refractivity (Wildman–Crippen MR) is 66.3 cm³/mol. The van der Waals surface area contributed by atoms with Crippen LogP contribution in [0, 0.1) is 0 Å². The van der Waals surface area contributed by atoms with Crippen molar-refractivity contribution in [2.75, 3.05) is 23.8 Å². The summed E-state index contributed by atoms with van der Waals surface area (Å²) in [6.07, 6.45) is 0. The summed E-state index contributed by atoms with van der Waals surface area (Å²) in [6, 6.07) is 6.41. The first-order chi connectivity index (χ1) is 8.49. The van der Waals surface area contributed by atoms with Crippen LogP contribution in [0.4, 0.5) is 16.2 Å². The van der Waals surface area contributed by atoms with E-state index in [4.69, 9.17) is 0 Å². The first-order valence-corrected chi connectivity index (χ1v) is 5.45. The monoisotopic (exact) mass is 247 g/mol. The summed E-state index contributed by atoms with van der Waals surface area (Å²) < 4.78 is 0.